The molecule has 1 aliphatic carbocycles. The van der Waals surface area contributed by atoms with Gasteiger partial charge in [0.15, 0.2) is 0 Å². The van der Waals surface area contributed by atoms with Gasteiger partial charge in [-0.25, -0.2) is 4.39 Å². The Morgan fingerprint density at radius 3 is 2.24 bits per heavy atom. The molecule has 1 aliphatic rings. The second-order valence-corrected chi connectivity index (χ2v) is 9.52. The molecular formula is C26H29F4N3O4. The molecule has 200 valence electrons. The van der Waals surface area contributed by atoms with Crippen LogP contribution in [0.4, 0.5) is 23.2 Å². The molecule has 0 saturated heterocycles. The Morgan fingerprint density at radius 2 is 1.70 bits per heavy atom. The highest BCUT2D eigenvalue weighted by Crippen LogP contribution is 2.30. The van der Waals surface area contributed by atoms with E-state index in [1.54, 1.807) is 26.0 Å². The third-order valence-corrected chi connectivity index (χ3v) is 5.94. The molecule has 0 aliphatic heterocycles. The first-order valence-electron chi connectivity index (χ1n) is 11.7. The maximum Gasteiger partial charge on any atom is 0.397 e. The van der Waals surface area contributed by atoms with Gasteiger partial charge in [-0.15, -0.1) is 0 Å². The number of halogens is 4. The molecule has 1 saturated carbocycles. The van der Waals surface area contributed by atoms with Crippen LogP contribution in [0, 0.1) is 5.82 Å². The Hall–Kier alpha value is -3.47. The molecule has 0 bridgehead atoms. The molecule has 11 heteroatoms. The number of alkyl halides is 3. The number of amides is 3. The van der Waals surface area contributed by atoms with Crippen molar-refractivity contribution in [3.63, 3.8) is 0 Å². The molecule has 0 heterocycles. The van der Waals surface area contributed by atoms with Crippen molar-refractivity contribution in [2.75, 3.05) is 12.4 Å². The van der Waals surface area contributed by atoms with Crippen molar-refractivity contribution >= 4 is 23.4 Å². The van der Waals surface area contributed by atoms with E-state index >= 15 is 4.39 Å². The van der Waals surface area contributed by atoms with Crippen LogP contribution >= 0.6 is 0 Å². The van der Waals surface area contributed by atoms with E-state index in [4.69, 9.17) is 4.74 Å². The summed E-state index contributed by atoms with van der Waals surface area (Å²) in [6.07, 6.45) is -4.76. The number of hydrogen-bond donors (Lipinski definition) is 3. The number of carbonyl (C=O) groups excluding carboxylic acids is 3. The summed E-state index contributed by atoms with van der Waals surface area (Å²) in [4.78, 5) is 37.6. The van der Waals surface area contributed by atoms with Crippen molar-refractivity contribution in [2.45, 2.75) is 63.4 Å². The Bertz CT molecular complexity index is 1150. The monoisotopic (exact) mass is 523 g/mol. The zero-order valence-corrected chi connectivity index (χ0v) is 20.7. The second-order valence-electron chi connectivity index (χ2n) is 9.52. The summed E-state index contributed by atoms with van der Waals surface area (Å²) < 4.78 is 58.2. The van der Waals surface area contributed by atoms with Crippen LogP contribution in [0.25, 0.3) is 0 Å². The first-order chi connectivity index (χ1) is 17.3. The Morgan fingerprint density at radius 1 is 1.05 bits per heavy atom. The van der Waals surface area contributed by atoms with Gasteiger partial charge < -0.3 is 20.7 Å². The number of nitrogens with one attached hydrogen (secondary N) is 3. The standard InChI is InChI=1S/C26H29F4N3O4/c1-25(2,24(36)32-17-8-9-17)19-11-10-18(12-20(19)27)31-23(35)22(33-21(34)13-26(28,29)30)16-6-4-15(5-7-16)14-37-3/h4-7,10-12,17,22H,8-9,13-14H2,1-3H3,(H,31,35)(H,32,36)(H,33,34). The molecule has 0 radical (unpaired) electrons. The zero-order valence-electron chi connectivity index (χ0n) is 20.7. The third-order valence-electron chi connectivity index (χ3n) is 5.94. The van der Waals surface area contributed by atoms with Gasteiger partial charge in [-0.2, -0.15) is 13.2 Å². The summed E-state index contributed by atoms with van der Waals surface area (Å²) >= 11 is 0. The SMILES string of the molecule is COCc1ccc(C(NC(=O)CC(F)(F)F)C(=O)Nc2ccc(C(C)(C)C(=O)NC3CC3)c(F)c2)cc1. The van der Waals surface area contributed by atoms with Crippen LogP contribution in [0.15, 0.2) is 42.5 Å². The fourth-order valence-corrected chi connectivity index (χ4v) is 3.70. The molecule has 3 N–H and O–H groups in total. The smallest absolute Gasteiger partial charge is 0.380 e. The number of anilines is 1. The van der Waals surface area contributed by atoms with Crippen LogP contribution in [0.1, 0.15) is 55.8 Å². The largest absolute Gasteiger partial charge is 0.397 e. The van der Waals surface area contributed by atoms with Crippen LogP contribution in [-0.4, -0.2) is 37.0 Å². The topological polar surface area (TPSA) is 96.5 Å². The maximum atomic E-state index is 15.0. The van der Waals surface area contributed by atoms with Gasteiger partial charge >= 0.3 is 6.18 Å². The van der Waals surface area contributed by atoms with Gasteiger partial charge in [0.05, 0.1) is 12.0 Å². The lowest BCUT2D eigenvalue weighted by Gasteiger charge is -2.25. The summed E-state index contributed by atoms with van der Waals surface area (Å²) in [5, 5.41) is 7.38. The molecule has 3 amide bonds. The second kappa shape index (κ2) is 11.3. The van der Waals surface area contributed by atoms with Crippen LogP contribution in [0.5, 0.6) is 0 Å². The minimum atomic E-state index is -4.76. The Labute approximate surface area is 212 Å². The lowest BCUT2D eigenvalue weighted by molar-refractivity contribution is -0.155. The van der Waals surface area contributed by atoms with Crippen molar-refractivity contribution in [2.24, 2.45) is 0 Å². The lowest BCUT2D eigenvalue weighted by atomic mass is 9.83. The molecule has 2 aromatic carbocycles. The van der Waals surface area contributed by atoms with Gasteiger partial charge in [-0.1, -0.05) is 30.3 Å². The summed E-state index contributed by atoms with van der Waals surface area (Å²) in [5.41, 5.74) is -0.0724. The fraction of sp³-hybridized carbons (Fsp3) is 0.423. The van der Waals surface area contributed by atoms with E-state index in [0.717, 1.165) is 24.5 Å². The van der Waals surface area contributed by atoms with Gasteiger partial charge in [-0.05, 0) is 49.9 Å². The van der Waals surface area contributed by atoms with Gasteiger partial charge in [-0.3, -0.25) is 14.4 Å². The average Bonchev–Trinajstić information content (AvgIpc) is 3.61. The normalized spacial score (nSPS) is 14.6. The highest BCUT2D eigenvalue weighted by molar-refractivity contribution is 5.98. The van der Waals surface area contributed by atoms with Crippen molar-refractivity contribution in [3.05, 3.63) is 65.0 Å². The number of carbonyl (C=O) groups is 3. The first-order valence-corrected chi connectivity index (χ1v) is 11.7. The number of hydrogen-bond acceptors (Lipinski definition) is 4. The van der Waals surface area contributed by atoms with Gasteiger partial charge in [0, 0.05) is 24.4 Å². The van der Waals surface area contributed by atoms with Crippen molar-refractivity contribution in [1.29, 1.82) is 0 Å². The summed E-state index contributed by atoms with van der Waals surface area (Å²) in [5.74, 6) is -3.32. The molecule has 7 nitrogen and oxygen atoms in total. The van der Waals surface area contributed by atoms with Crippen molar-refractivity contribution in [3.8, 4) is 0 Å². The predicted octanol–water partition coefficient (Wildman–Crippen LogP) is 4.28. The number of ether oxygens (including phenoxy) is 1. The maximum absolute atomic E-state index is 15.0. The first kappa shape index (κ1) is 28.1. The highest BCUT2D eigenvalue weighted by Gasteiger charge is 2.36. The van der Waals surface area contributed by atoms with Crippen molar-refractivity contribution < 1.29 is 36.7 Å². The van der Waals surface area contributed by atoms with E-state index < -0.39 is 41.7 Å². The molecule has 1 fully saturated rings. The molecule has 2 aromatic rings. The Kier molecular flexibility index (Phi) is 8.57. The minimum absolute atomic E-state index is 0.00993. The van der Waals surface area contributed by atoms with Crippen LogP contribution in [0.2, 0.25) is 0 Å². The molecule has 0 aromatic heterocycles. The summed E-state index contributed by atoms with van der Waals surface area (Å²) in [7, 11) is 1.49. The van der Waals surface area contributed by atoms with E-state index in [9.17, 15) is 27.6 Å². The van der Waals surface area contributed by atoms with Crippen molar-refractivity contribution in [1.82, 2.24) is 10.6 Å². The number of methoxy groups -OCH3 is 1. The minimum Gasteiger partial charge on any atom is -0.380 e. The molecule has 1 unspecified atom stereocenters. The molecule has 37 heavy (non-hydrogen) atoms. The van der Waals surface area contributed by atoms with Gasteiger partial charge in [0.25, 0.3) is 5.91 Å². The van der Waals surface area contributed by atoms with Crippen LogP contribution < -0.4 is 16.0 Å². The van der Waals surface area contributed by atoms with Gasteiger partial charge in [0.1, 0.15) is 18.3 Å². The highest BCUT2D eigenvalue weighted by atomic mass is 19.4. The van der Waals surface area contributed by atoms with E-state index in [2.05, 4.69) is 16.0 Å². The molecule has 0 spiro atoms. The molecule has 1 atom stereocenters. The molecular weight excluding hydrogens is 494 g/mol. The fourth-order valence-electron chi connectivity index (χ4n) is 3.70. The summed E-state index contributed by atoms with van der Waals surface area (Å²) in [6, 6.07) is 8.59. The van der Waals surface area contributed by atoms with E-state index in [1.165, 1.54) is 31.4 Å². The average molecular weight is 524 g/mol. The quantitative estimate of drug-likeness (QED) is 0.405. The van der Waals surface area contributed by atoms with E-state index in [0.29, 0.717) is 0 Å². The summed E-state index contributed by atoms with van der Waals surface area (Å²) in [6.45, 7) is 3.44. The Balaban J connectivity index is 1.80. The van der Waals surface area contributed by atoms with E-state index in [1.807, 2.05) is 0 Å². The predicted molar refractivity (Wildman–Crippen MR) is 128 cm³/mol. The molecule has 3 rings (SSSR count). The lowest BCUT2D eigenvalue weighted by Crippen LogP contribution is -2.41. The number of rotatable bonds is 10. The van der Waals surface area contributed by atoms with Crippen LogP contribution in [0.3, 0.4) is 0 Å². The van der Waals surface area contributed by atoms with Crippen LogP contribution in [-0.2, 0) is 31.1 Å². The van der Waals surface area contributed by atoms with E-state index in [-0.39, 0.29) is 35.4 Å². The van der Waals surface area contributed by atoms with Gasteiger partial charge in [0.2, 0.25) is 11.8 Å². The third kappa shape index (κ3) is 7.75. The zero-order chi connectivity index (χ0) is 27.4. The number of benzene rings is 2.